The van der Waals surface area contributed by atoms with E-state index in [0.717, 1.165) is 31.5 Å². The third-order valence-corrected chi connectivity index (χ3v) is 12.7. The molecule has 1 aliphatic rings. The average molecular weight is 658 g/mol. The topological polar surface area (TPSA) is 12.4 Å². The van der Waals surface area contributed by atoms with E-state index >= 15 is 0 Å². The number of rotatable bonds is 7. The van der Waals surface area contributed by atoms with Gasteiger partial charge in [-0.15, -0.1) is 11.3 Å². The minimum atomic E-state index is 0.280. The molecular weight excluding hydrogens is 609 g/mol. The Morgan fingerprint density at radius 2 is 1.55 bits per heavy atom. The molecule has 1 heterocycles. The number of aliphatic imine (C=N–C) groups is 1. The van der Waals surface area contributed by atoms with E-state index in [1.807, 2.05) is 11.3 Å². The molecular formula is C46H48BNS. The van der Waals surface area contributed by atoms with Gasteiger partial charge in [-0.2, -0.15) is 0 Å². The average Bonchev–Trinajstić information content (AvgIpc) is 3.43. The Bertz CT molecular complexity index is 2300. The van der Waals surface area contributed by atoms with Crippen LogP contribution in [0.3, 0.4) is 0 Å². The highest BCUT2D eigenvalue weighted by Crippen LogP contribution is 2.42. The SMILES string of the molecule is C/C(=C\c1c(/C(C)=N/c2c(C)ccc3c4c(ccc23)CCC=C4)sc2cc3ccccc3cc12)c1ccc(BCC(C)(C)C(C)(C)C)cc1. The van der Waals surface area contributed by atoms with Gasteiger partial charge in [0.2, 0.25) is 0 Å². The Hall–Kier alpha value is -4.21. The number of nitrogens with zero attached hydrogens (tertiary/aromatic N) is 1. The number of allylic oxidation sites excluding steroid dienone is 2. The molecule has 3 heteroatoms. The molecule has 0 fully saturated rings. The summed E-state index contributed by atoms with van der Waals surface area (Å²) in [5, 5.41) is 6.37. The van der Waals surface area contributed by atoms with Crippen molar-refractivity contribution in [1.82, 2.24) is 0 Å². The van der Waals surface area contributed by atoms with E-state index in [0.29, 0.717) is 0 Å². The van der Waals surface area contributed by atoms with Crippen LogP contribution in [0.15, 0.2) is 96.0 Å². The van der Waals surface area contributed by atoms with Gasteiger partial charge in [0.05, 0.1) is 16.3 Å². The summed E-state index contributed by atoms with van der Waals surface area (Å²) in [5.74, 6) is 0. The van der Waals surface area contributed by atoms with Crippen molar-refractivity contribution in [1.29, 1.82) is 0 Å². The normalized spacial score (nSPS) is 14.2. The highest BCUT2D eigenvalue weighted by molar-refractivity contribution is 7.21. The summed E-state index contributed by atoms with van der Waals surface area (Å²) in [6, 6.07) is 31.8. The lowest BCUT2D eigenvalue weighted by Gasteiger charge is -2.39. The zero-order valence-corrected chi connectivity index (χ0v) is 31.3. The van der Waals surface area contributed by atoms with Crippen molar-refractivity contribution >= 4 is 84.8 Å². The van der Waals surface area contributed by atoms with Gasteiger partial charge in [-0.3, -0.25) is 4.99 Å². The number of benzene rings is 5. The number of aryl methyl sites for hydroxylation is 2. The predicted octanol–water partition coefficient (Wildman–Crippen LogP) is 12.7. The molecule has 0 radical (unpaired) electrons. The van der Waals surface area contributed by atoms with Crippen molar-refractivity contribution in [2.45, 2.75) is 74.6 Å². The zero-order chi connectivity index (χ0) is 34.5. The smallest absolute Gasteiger partial charge is 0.158 e. The van der Waals surface area contributed by atoms with Crippen molar-refractivity contribution in [3.05, 3.63) is 124 Å². The van der Waals surface area contributed by atoms with Crippen LogP contribution in [0.4, 0.5) is 5.69 Å². The van der Waals surface area contributed by atoms with Gasteiger partial charge >= 0.3 is 0 Å². The highest BCUT2D eigenvalue weighted by Gasteiger charge is 2.32. The van der Waals surface area contributed by atoms with Crippen LogP contribution in [-0.4, -0.2) is 13.0 Å². The summed E-state index contributed by atoms with van der Waals surface area (Å²) in [4.78, 5) is 6.69. The van der Waals surface area contributed by atoms with E-state index in [1.165, 1.54) is 81.7 Å². The molecule has 0 amide bonds. The monoisotopic (exact) mass is 657 g/mol. The molecule has 0 N–H and O–H groups in total. The fraction of sp³-hybridized carbons (Fsp3) is 0.283. The van der Waals surface area contributed by atoms with E-state index in [4.69, 9.17) is 4.99 Å². The molecule has 7 rings (SSSR count). The lowest BCUT2D eigenvalue weighted by atomic mass is 9.53. The molecule has 0 saturated heterocycles. The van der Waals surface area contributed by atoms with Gasteiger partial charge in [0, 0.05) is 21.0 Å². The number of hydrogen-bond donors (Lipinski definition) is 0. The Morgan fingerprint density at radius 3 is 2.29 bits per heavy atom. The van der Waals surface area contributed by atoms with E-state index in [2.05, 4.69) is 159 Å². The van der Waals surface area contributed by atoms with E-state index < -0.39 is 0 Å². The molecule has 1 aromatic heterocycles. The van der Waals surface area contributed by atoms with Crippen molar-refractivity contribution < 1.29 is 0 Å². The molecule has 0 bridgehead atoms. The van der Waals surface area contributed by atoms with E-state index in [-0.39, 0.29) is 10.8 Å². The van der Waals surface area contributed by atoms with Crippen molar-refractivity contribution in [2.75, 3.05) is 0 Å². The largest absolute Gasteiger partial charge is 0.251 e. The Morgan fingerprint density at radius 1 is 0.837 bits per heavy atom. The van der Waals surface area contributed by atoms with Crippen LogP contribution in [0.5, 0.6) is 0 Å². The summed E-state index contributed by atoms with van der Waals surface area (Å²) in [7, 11) is 1.10. The van der Waals surface area contributed by atoms with Crippen LogP contribution in [0.1, 0.15) is 87.6 Å². The maximum absolute atomic E-state index is 5.45. The fourth-order valence-electron chi connectivity index (χ4n) is 7.07. The molecule has 246 valence electrons. The molecule has 6 aromatic rings. The lowest BCUT2D eigenvalue weighted by Crippen LogP contribution is -2.33. The van der Waals surface area contributed by atoms with Gasteiger partial charge in [-0.05, 0) is 107 Å². The maximum Gasteiger partial charge on any atom is 0.158 e. The first kappa shape index (κ1) is 33.3. The van der Waals surface area contributed by atoms with Crippen LogP contribution in [0.25, 0.3) is 49.4 Å². The maximum atomic E-state index is 5.45. The van der Waals surface area contributed by atoms with Crippen molar-refractivity contribution in [2.24, 2.45) is 15.8 Å². The van der Waals surface area contributed by atoms with Gasteiger partial charge in [-0.25, -0.2) is 0 Å². The Balaban J connectivity index is 1.31. The van der Waals surface area contributed by atoms with Gasteiger partial charge in [0.25, 0.3) is 0 Å². The fourth-order valence-corrected chi connectivity index (χ4v) is 8.23. The molecule has 5 aromatic carbocycles. The quantitative estimate of drug-likeness (QED) is 0.120. The van der Waals surface area contributed by atoms with Gasteiger partial charge in [0.15, 0.2) is 7.28 Å². The predicted molar refractivity (Wildman–Crippen MR) is 222 cm³/mol. The van der Waals surface area contributed by atoms with Crippen LogP contribution >= 0.6 is 11.3 Å². The summed E-state index contributed by atoms with van der Waals surface area (Å²) in [6.45, 7) is 18.5. The molecule has 0 unspecified atom stereocenters. The minimum absolute atomic E-state index is 0.280. The first-order chi connectivity index (χ1) is 23.4. The Labute approximate surface area is 297 Å². The van der Waals surface area contributed by atoms with Crippen molar-refractivity contribution in [3.63, 3.8) is 0 Å². The molecule has 0 aliphatic heterocycles. The van der Waals surface area contributed by atoms with Gasteiger partial charge in [-0.1, -0.05) is 131 Å². The molecule has 0 atom stereocenters. The number of fused-ring (bicyclic) bond motifs is 5. The second kappa shape index (κ2) is 12.9. The van der Waals surface area contributed by atoms with E-state index in [9.17, 15) is 0 Å². The third-order valence-electron chi connectivity index (χ3n) is 11.4. The van der Waals surface area contributed by atoms with Crippen LogP contribution < -0.4 is 5.46 Å². The number of thiophene rings is 1. The summed E-state index contributed by atoms with van der Waals surface area (Å²) in [6.07, 6.45) is 10.4. The first-order valence-electron chi connectivity index (χ1n) is 17.9. The Kier molecular flexibility index (Phi) is 8.78. The van der Waals surface area contributed by atoms with Gasteiger partial charge < -0.3 is 0 Å². The number of hydrogen-bond acceptors (Lipinski definition) is 2. The molecule has 1 aliphatic carbocycles. The zero-order valence-electron chi connectivity index (χ0n) is 30.5. The standard InChI is InChI=1S/C46H48BNS/c1-29-17-23-38-37-16-12-11-13-33(37)20-24-39(38)43(29)48-31(3)44-41(40-26-34-14-9-10-15-35(34)27-42(40)49-44)25-30(2)32-18-21-36(22-19-32)47-28-46(7,8)45(4,5)6/h9-10,12,14-27,47H,11,13,28H2,1-8H3/b30-25+,48-31+. The van der Waals surface area contributed by atoms with Crippen LogP contribution in [0.2, 0.25) is 6.32 Å². The molecule has 0 saturated carbocycles. The molecule has 0 spiro atoms. The van der Waals surface area contributed by atoms with Gasteiger partial charge in [0.1, 0.15) is 0 Å². The highest BCUT2D eigenvalue weighted by atomic mass is 32.1. The van der Waals surface area contributed by atoms with E-state index in [1.54, 1.807) is 0 Å². The molecule has 49 heavy (non-hydrogen) atoms. The minimum Gasteiger partial charge on any atom is -0.251 e. The summed E-state index contributed by atoms with van der Waals surface area (Å²) in [5.41, 5.74) is 11.9. The third kappa shape index (κ3) is 6.46. The van der Waals surface area contributed by atoms with Crippen LogP contribution in [0, 0.1) is 17.8 Å². The molecule has 1 nitrogen and oxygen atoms in total. The second-order valence-corrected chi connectivity index (χ2v) is 16.9. The summed E-state index contributed by atoms with van der Waals surface area (Å²) < 4.78 is 1.30. The lowest BCUT2D eigenvalue weighted by molar-refractivity contribution is 0.157. The second-order valence-electron chi connectivity index (χ2n) is 15.8. The van der Waals surface area contributed by atoms with Crippen molar-refractivity contribution in [3.8, 4) is 0 Å². The summed E-state index contributed by atoms with van der Waals surface area (Å²) >= 11 is 1.86. The first-order valence-corrected chi connectivity index (χ1v) is 18.7. The van der Waals surface area contributed by atoms with Crippen LogP contribution in [-0.2, 0) is 6.42 Å².